The fourth-order valence-electron chi connectivity index (χ4n) is 3.87. The first-order valence-electron chi connectivity index (χ1n) is 9.68. The van der Waals surface area contributed by atoms with Crippen LogP contribution in [0.4, 0.5) is 10.5 Å². The molecule has 1 heterocycles. The van der Waals surface area contributed by atoms with E-state index in [9.17, 15) is 4.79 Å². The normalized spacial score (nSPS) is 19.9. The van der Waals surface area contributed by atoms with E-state index >= 15 is 0 Å². The average molecular weight is 345 g/mol. The van der Waals surface area contributed by atoms with Crippen molar-refractivity contribution in [2.45, 2.75) is 32.6 Å². The van der Waals surface area contributed by atoms with Gasteiger partial charge >= 0.3 is 6.03 Å². The summed E-state index contributed by atoms with van der Waals surface area (Å²) in [6.07, 6.45) is 4.68. The van der Waals surface area contributed by atoms with Crippen LogP contribution in [0.1, 0.15) is 30.9 Å². The number of amides is 2. The van der Waals surface area contributed by atoms with E-state index in [4.69, 9.17) is 0 Å². The van der Waals surface area contributed by atoms with Crippen molar-refractivity contribution in [3.63, 3.8) is 0 Å². The molecule has 2 amide bonds. The van der Waals surface area contributed by atoms with Gasteiger partial charge in [-0.1, -0.05) is 19.1 Å². The van der Waals surface area contributed by atoms with Crippen LogP contribution in [0.3, 0.4) is 0 Å². The van der Waals surface area contributed by atoms with Crippen LogP contribution >= 0.6 is 0 Å². The van der Waals surface area contributed by atoms with E-state index in [1.807, 2.05) is 6.07 Å². The van der Waals surface area contributed by atoms with Crippen molar-refractivity contribution in [3.8, 4) is 0 Å². The Morgan fingerprint density at radius 3 is 2.72 bits per heavy atom. The van der Waals surface area contributed by atoms with Crippen LogP contribution in [0.15, 0.2) is 18.2 Å². The summed E-state index contributed by atoms with van der Waals surface area (Å²) in [4.78, 5) is 17.2. The number of hydrogen-bond acceptors (Lipinski definition) is 3. The molecule has 1 aromatic carbocycles. The highest BCUT2D eigenvalue weighted by Crippen LogP contribution is 2.27. The van der Waals surface area contributed by atoms with Crippen molar-refractivity contribution in [1.29, 1.82) is 0 Å². The minimum atomic E-state index is -0.0794. The maximum absolute atomic E-state index is 12.3. The molecule has 0 saturated carbocycles. The number of fused-ring (bicyclic) bond motifs is 1. The van der Waals surface area contributed by atoms with Crippen LogP contribution < -0.4 is 10.6 Å². The smallest absolute Gasteiger partial charge is 0.319 e. The van der Waals surface area contributed by atoms with Gasteiger partial charge in [0.05, 0.1) is 0 Å². The molecule has 1 atom stereocenters. The van der Waals surface area contributed by atoms with Gasteiger partial charge in [0.15, 0.2) is 0 Å². The van der Waals surface area contributed by atoms with E-state index in [0.29, 0.717) is 12.5 Å². The summed E-state index contributed by atoms with van der Waals surface area (Å²) in [5.74, 6) is 0.457. The van der Waals surface area contributed by atoms with E-state index < -0.39 is 0 Å². The number of nitrogens with one attached hydrogen (secondary N) is 2. The first-order valence-corrected chi connectivity index (χ1v) is 9.68. The second kappa shape index (κ2) is 8.68. The van der Waals surface area contributed by atoms with Crippen molar-refractivity contribution in [2.24, 2.45) is 5.92 Å². The summed E-state index contributed by atoms with van der Waals surface area (Å²) in [6.45, 7) is 8.51. The molecule has 1 saturated heterocycles. The van der Waals surface area contributed by atoms with Gasteiger partial charge in [0.25, 0.3) is 0 Å². The first kappa shape index (κ1) is 18.2. The van der Waals surface area contributed by atoms with Crippen LogP contribution in [0.25, 0.3) is 0 Å². The zero-order valence-corrected chi connectivity index (χ0v) is 15.7. The van der Waals surface area contributed by atoms with Crippen LogP contribution in [-0.2, 0) is 12.8 Å². The number of nitrogens with zero attached hydrogens (tertiary/aromatic N) is 2. The molecule has 0 spiro atoms. The Hall–Kier alpha value is -1.59. The van der Waals surface area contributed by atoms with Crippen molar-refractivity contribution in [3.05, 3.63) is 29.3 Å². The van der Waals surface area contributed by atoms with Crippen molar-refractivity contribution < 1.29 is 4.79 Å². The average Bonchev–Trinajstić information content (AvgIpc) is 2.62. The second-order valence-corrected chi connectivity index (χ2v) is 7.69. The molecule has 0 unspecified atom stereocenters. The maximum Gasteiger partial charge on any atom is 0.319 e. The fraction of sp³-hybridized carbons (Fsp3) is 0.650. The molecule has 1 aliphatic carbocycles. The minimum absolute atomic E-state index is 0.0794. The monoisotopic (exact) mass is 344 g/mol. The Labute approximate surface area is 151 Å². The molecule has 3 rings (SSSR count). The summed E-state index contributed by atoms with van der Waals surface area (Å²) < 4.78 is 0. The lowest BCUT2D eigenvalue weighted by Crippen LogP contribution is -2.47. The number of carbonyl (C=O) groups is 1. The third-order valence-corrected chi connectivity index (χ3v) is 5.42. The quantitative estimate of drug-likeness (QED) is 0.863. The summed E-state index contributed by atoms with van der Waals surface area (Å²) in [5.41, 5.74) is 3.71. The van der Waals surface area contributed by atoms with Crippen LogP contribution in [0, 0.1) is 5.92 Å². The molecule has 0 radical (unpaired) electrons. The van der Waals surface area contributed by atoms with E-state index in [1.54, 1.807) is 0 Å². The van der Waals surface area contributed by atoms with Gasteiger partial charge in [-0.25, -0.2) is 4.79 Å². The lowest BCUT2D eigenvalue weighted by molar-refractivity contribution is 0.138. The van der Waals surface area contributed by atoms with E-state index in [-0.39, 0.29) is 6.03 Å². The van der Waals surface area contributed by atoms with Gasteiger partial charge in [-0.2, -0.15) is 0 Å². The number of aryl methyl sites for hydroxylation is 1. The van der Waals surface area contributed by atoms with Gasteiger partial charge < -0.3 is 20.4 Å². The number of rotatable bonds is 5. The first-order chi connectivity index (χ1) is 12.1. The Morgan fingerprint density at radius 1 is 1.16 bits per heavy atom. The second-order valence-electron chi connectivity index (χ2n) is 7.69. The molecule has 2 aliphatic rings. The van der Waals surface area contributed by atoms with Gasteiger partial charge in [0, 0.05) is 45.0 Å². The summed E-state index contributed by atoms with van der Waals surface area (Å²) >= 11 is 0. The van der Waals surface area contributed by atoms with Gasteiger partial charge in [0.1, 0.15) is 0 Å². The van der Waals surface area contributed by atoms with Gasteiger partial charge in [0.2, 0.25) is 0 Å². The van der Waals surface area contributed by atoms with Crippen LogP contribution in [-0.4, -0.2) is 62.1 Å². The molecular formula is C20H32N4O. The molecule has 2 N–H and O–H groups in total. The number of hydrogen-bond donors (Lipinski definition) is 2. The highest BCUT2D eigenvalue weighted by molar-refractivity contribution is 5.90. The largest absolute Gasteiger partial charge is 0.338 e. The molecule has 1 fully saturated rings. The highest BCUT2D eigenvalue weighted by atomic mass is 16.2. The maximum atomic E-state index is 12.3. The third-order valence-electron chi connectivity index (χ3n) is 5.42. The van der Waals surface area contributed by atoms with Crippen molar-refractivity contribution >= 4 is 11.7 Å². The van der Waals surface area contributed by atoms with Gasteiger partial charge in [-0.15, -0.1) is 0 Å². The molecule has 5 nitrogen and oxygen atoms in total. The number of piperazine rings is 1. The summed E-state index contributed by atoms with van der Waals surface area (Å²) in [7, 11) is 2.18. The zero-order chi connectivity index (χ0) is 17.6. The Kier molecular flexibility index (Phi) is 6.32. The summed E-state index contributed by atoms with van der Waals surface area (Å²) in [5, 5.41) is 6.11. The standard InChI is InChI=1S/C20H32N4O/c1-16(15-24-12-10-23(2)11-13-24)14-21-20(25)22-19-9-5-7-17-6-3-4-8-18(17)19/h5,7,9,16H,3-4,6,8,10-15H2,1-2H3,(H2,21,22,25)/t16-/m1/s1. The van der Waals surface area contributed by atoms with E-state index in [0.717, 1.165) is 51.3 Å². The number of likely N-dealkylation sites (N-methyl/N-ethyl adjacent to an activating group) is 1. The zero-order valence-electron chi connectivity index (χ0n) is 15.7. The highest BCUT2D eigenvalue weighted by Gasteiger charge is 2.17. The van der Waals surface area contributed by atoms with E-state index in [2.05, 4.69) is 46.5 Å². The van der Waals surface area contributed by atoms with E-state index in [1.165, 1.54) is 24.0 Å². The number of urea groups is 1. The summed E-state index contributed by atoms with van der Waals surface area (Å²) in [6, 6.07) is 6.19. The number of anilines is 1. The molecule has 138 valence electrons. The lowest BCUT2D eigenvalue weighted by atomic mass is 9.90. The number of benzene rings is 1. The Balaban J connectivity index is 1.44. The molecule has 25 heavy (non-hydrogen) atoms. The lowest BCUT2D eigenvalue weighted by Gasteiger charge is -2.33. The van der Waals surface area contributed by atoms with Crippen LogP contribution in [0.2, 0.25) is 0 Å². The van der Waals surface area contributed by atoms with Crippen LogP contribution in [0.5, 0.6) is 0 Å². The molecule has 0 aromatic heterocycles. The molecule has 5 heteroatoms. The minimum Gasteiger partial charge on any atom is -0.338 e. The van der Waals surface area contributed by atoms with Gasteiger partial charge in [-0.05, 0) is 55.8 Å². The topological polar surface area (TPSA) is 47.6 Å². The van der Waals surface area contributed by atoms with Gasteiger partial charge in [-0.3, -0.25) is 0 Å². The third kappa shape index (κ3) is 5.19. The predicted octanol–water partition coefficient (Wildman–Crippen LogP) is 2.57. The Bertz CT molecular complexity index is 581. The SMILES string of the molecule is C[C@H](CNC(=O)Nc1cccc2c1CCCC2)CN1CCN(C)CC1. The van der Waals surface area contributed by atoms with Crippen molar-refractivity contribution in [2.75, 3.05) is 51.6 Å². The van der Waals surface area contributed by atoms with Crippen molar-refractivity contribution in [1.82, 2.24) is 15.1 Å². The molecule has 0 bridgehead atoms. The molecule has 1 aliphatic heterocycles. The molecule has 1 aromatic rings. The fourth-order valence-corrected chi connectivity index (χ4v) is 3.87. The number of carbonyl (C=O) groups excluding carboxylic acids is 1. The Morgan fingerprint density at radius 2 is 1.92 bits per heavy atom. The molecular weight excluding hydrogens is 312 g/mol. The predicted molar refractivity (Wildman–Crippen MR) is 103 cm³/mol.